The van der Waals surface area contributed by atoms with Gasteiger partial charge in [0.15, 0.2) is 0 Å². The van der Waals surface area contributed by atoms with Crippen molar-refractivity contribution in [2.45, 2.75) is 39.5 Å². The molecule has 0 heterocycles. The molecule has 0 amide bonds. The second kappa shape index (κ2) is 19.7. The number of hydrogen-bond donors (Lipinski definition) is 2. The molecule has 0 aliphatic carbocycles. The highest BCUT2D eigenvalue weighted by atomic mass is 14.6. The van der Waals surface area contributed by atoms with E-state index in [4.69, 9.17) is 11.5 Å². The maximum Gasteiger partial charge on any atom is 0.00461 e. The molecule has 0 spiro atoms. The number of nitrogens with two attached hydrogens (primary N) is 2. The van der Waals surface area contributed by atoms with Gasteiger partial charge >= 0.3 is 0 Å². The quantitative estimate of drug-likeness (QED) is 0.772. The van der Waals surface area contributed by atoms with Crippen LogP contribution in [0.15, 0.2) is 36.4 Å². The summed E-state index contributed by atoms with van der Waals surface area (Å²) in [4.78, 5) is 0. The predicted octanol–water partition coefficient (Wildman–Crippen LogP) is 3.18. The van der Waals surface area contributed by atoms with Crippen LogP contribution in [-0.2, 0) is 0 Å². The largest absolute Gasteiger partial charge is 0.329 e. The number of benzene rings is 1. The van der Waals surface area contributed by atoms with Crippen molar-refractivity contribution < 1.29 is 0 Å². The molecule has 0 aromatic heterocycles. The first-order valence-corrected chi connectivity index (χ1v) is 6.23. The smallest absolute Gasteiger partial charge is 0.00461 e. The van der Waals surface area contributed by atoms with Crippen LogP contribution in [0.5, 0.6) is 0 Å². The maximum absolute atomic E-state index is 4.90. The molecule has 1 rings (SSSR count). The summed E-state index contributed by atoms with van der Waals surface area (Å²) in [6.07, 6.45) is 5.54. The Morgan fingerprint density at radius 2 is 0.875 bits per heavy atom. The van der Waals surface area contributed by atoms with Gasteiger partial charge in [-0.1, -0.05) is 75.9 Å². The molecule has 0 aliphatic rings. The molecular formula is C14H28N2. The van der Waals surface area contributed by atoms with Gasteiger partial charge in [-0.15, -0.1) is 0 Å². The summed E-state index contributed by atoms with van der Waals surface area (Å²) in [6, 6.07) is 12.0. The number of unbranched alkanes of at least 4 members (excludes halogenated alkanes) is 3. The highest BCUT2D eigenvalue weighted by Crippen LogP contribution is 1.95. The third-order valence-corrected chi connectivity index (χ3v) is 1.79. The molecule has 0 atom stereocenters. The Hall–Kier alpha value is -0.860. The molecule has 0 aliphatic heterocycles. The molecule has 2 heteroatoms. The molecule has 0 saturated heterocycles. The molecule has 16 heavy (non-hydrogen) atoms. The third-order valence-electron chi connectivity index (χ3n) is 1.79. The van der Waals surface area contributed by atoms with Crippen LogP contribution >= 0.6 is 0 Å². The van der Waals surface area contributed by atoms with Gasteiger partial charge in [-0.25, -0.2) is 0 Å². The van der Waals surface area contributed by atoms with E-state index in [1.54, 1.807) is 0 Å². The van der Waals surface area contributed by atoms with E-state index < -0.39 is 0 Å². The Balaban J connectivity index is 0. The van der Waals surface area contributed by atoms with Gasteiger partial charge in [-0.2, -0.15) is 0 Å². The van der Waals surface area contributed by atoms with Crippen LogP contribution in [0.2, 0.25) is 0 Å². The average molecular weight is 224 g/mol. The predicted molar refractivity (Wildman–Crippen MR) is 74.4 cm³/mol. The Morgan fingerprint density at radius 1 is 0.625 bits per heavy atom. The fraction of sp³-hybridized carbons (Fsp3) is 0.571. The van der Waals surface area contributed by atoms with Gasteiger partial charge in [-0.3, -0.25) is 0 Å². The summed E-state index contributed by atoms with van der Waals surface area (Å²) >= 11 is 0. The summed E-state index contributed by atoms with van der Waals surface area (Å²) < 4.78 is 0. The fourth-order valence-corrected chi connectivity index (χ4v) is 0.885. The van der Waals surface area contributed by atoms with Gasteiger partial charge < -0.3 is 11.5 Å². The fourth-order valence-electron chi connectivity index (χ4n) is 0.885. The molecule has 0 fully saturated rings. The second-order valence-electron chi connectivity index (χ2n) is 3.44. The van der Waals surface area contributed by atoms with Crippen molar-refractivity contribution in [3.05, 3.63) is 36.4 Å². The van der Waals surface area contributed by atoms with Crippen molar-refractivity contribution in [1.29, 1.82) is 0 Å². The van der Waals surface area contributed by atoms with Crippen molar-refractivity contribution in [3.8, 4) is 0 Å². The minimum Gasteiger partial charge on any atom is -0.329 e. The Bertz CT molecular complexity index is 143. The molecule has 0 unspecified atom stereocenters. The molecule has 1 aromatic rings. The van der Waals surface area contributed by atoms with Crippen LogP contribution in [0.3, 0.4) is 0 Å². The SMILES string of the molecule is CCCCCC.NCCN.c1ccccc1. The van der Waals surface area contributed by atoms with E-state index in [0.717, 1.165) is 0 Å². The van der Waals surface area contributed by atoms with Crippen molar-refractivity contribution in [2.75, 3.05) is 13.1 Å². The standard InChI is InChI=1S/C6H6.C6H14.C2H8N2/c1-2-4-6-5-3-1;1-3-5-6-4-2;3-1-2-4/h1-6H;3-6H2,1-2H3;1-4H2. The minimum atomic E-state index is 0.597. The first-order chi connectivity index (χ1) is 7.83. The van der Waals surface area contributed by atoms with E-state index in [-0.39, 0.29) is 0 Å². The summed E-state index contributed by atoms with van der Waals surface area (Å²) in [5.74, 6) is 0. The van der Waals surface area contributed by atoms with Gasteiger partial charge in [0.05, 0.1) is 0 Å². The monoisotopic (exact) mass is 224 g/mol. The van der Waals surface area contributed by atoms with Gasteiger partial charge in [0.2, 0.25) is 0 Å². The molecule has 4 N–H and O–H groups in total. The van der Waals surface area contributed by atoms with Gasteiger partial charge in [-0.05, 0) is 0 Å². The zero-order valence-electron chi connectivity index (χ0n) is 10.9. The summed E-state index contributed by atoms with van der Waals surface area (Å²) in [6.45, 7) is 5.66. The van der Waals surface area contributed by atoms with E-state index in [0.29, 0.717) is 13.1 Å². The van der Waals surface area contributed by atoms with Crippen LogP contribution in [0.4, 0.5) is 0 Å². The highest BCUT2D eigenvalue weighted by molar-refractivity contribution is 4.99. The van der Waals surface area contributed by atoms with Crippen LogP contribution in [0, 0.1) is 0 Å². The lowest BCUT2D eigenvalue weighted by Gasteiger charge is -1.86. The summed E-state index contributed by atoms with van der Waals surface area (Å²) in [7, 11) is 0. The maximum atomic E-state index is 4.90. The molecule has 1 aromatic carbocycles. The van der Waals surface area contributed by atoms with Crippen LogP contribution < -0.4 is 11.5 Å². The van der Waals surface area contributed by atoms with Crippen molar-refractivity contribution >= 4 is 0 Å². The summed E-state index contributed by atoms with van der Waals surface area (Å²) in [5, 5.41) is 0. The van der Waals surface area contributed by atoms with Crippen LogP contribution in [-0.4, -0.2) is 13.1 Å². The van der Waals surface area contributed by atoms with E-state index in [9.17, 15) is 0 Å². The lowest BCUT2D eigenvalue weighted by atomic mass is 10.2. The summed E-state index contributed by atoms with van der Waals surface area (Å²) in [5.41, 5.74) is 9.81. The molecule has 0 radical (unpaired) electrons. The zero-order valence-corrected chi connectivity index (χ0v) is 10.9. The number of hydrogen-bond acceptors (Lipinski definition) is 2. The van der Waals surface area contributed by atoms with E-state index in [1.807, 2.05) is 36.4 Å². The average Bonchev–Trinajstić information content (AvgIpc) is 2.39. The molecule has 2 nitrogen and oxygen atoms in total. The lowest BCUT2D eigenvalue weighted by molar-refractivity contribution is 0.702. The molecular weight excluding hydrogens is 196 g/mol. The lowest BCUT2D eigenvalue weighted by Crippen LogP contribution is -2.11. The van der Waals surface area contributed by atoms with E-state index in [1.165, 1.54) is 25.7 Å². The topological polar surface area (TPSA) is 52.0 Å². The molecule has 94 valence electrons. The molecule has 0 bridgehead atoms. The molecule has 0 saturated carbocycles. The van der Waals surface area contributed by atoms with Gasteiger partial charge in [0, 0.05) is 13.1 Å². The first kappa shape index (κ1) is 17.5. The highest BCUT2D eigenvalue weighted by Gasteiger charge is 1.75. The van der Waals surface area contributed by atoms with Gasteiger partial charge in [0.1, 0.15) is 0 Å². The van der Waals surface area contributed by atoms with E-state index >= 15 is 0 Å². The first-order valence-electron chi connectivity index (χ1n) is 6.23. The number of rotatable bonds is 4. The third kappa shape index (κ3) is 23.2. The normalized spacial score (nSPS) is 8.25. The Morgan fingerprint density at radius 3 is 1.00 bits per heavy atom. The van der Waals surface area contributed by atoms with Crippen molar-refractivity contribution in [3.63, 3.8) is 0 Å². The Kier molecular flexibility index (Phi) is 21.6. The second-order valence-corrected chi connectivity index (χ2v) is 3.44. The minimum absolute atomic E-state index is 0.597. The van der Waals surface area contributed by atoms with Crippen LogP contribution in [0.1, 0.15) is 39.5 Å². The van der Waals surface area contributed by atoms with Gasteiger partial charge in [0.25, 0.3) is 0 Å². The zero-order chi connectivity index (χ0) is 12.5. The Labute approximate surface area is 101 Å². The van der Waals surface area contributed by atoms with Crippen molar-refractivity contribution in [1.82, 2.24) is 0 Å². The van der Waals surface area contributed by atoms with Crippen molar-refractivity contribution in [2.24, 2.45) is 11.5 Å². The van der Waals surface area contributed by atoms with E-state index in [2.05, 4.69) is 13.8 Å². The van der Waals surface area contributed by atoms with Crippen LogP contribution in [0.25, 0.3) is 0 Å².